The molecule has 0 amide bonds. The number of benzene rings is 1. The summed E-state index contributed by atoms with van der Waals surface area (Å²) < 4.78 is 12.6. The maximum Gasteiger partial charge on any atom is 0.123 e. The molecule has 0 saturated carbocycles. The van der Waals surface area contributed by atoms with Gasteiger partial charge in [0, 0.05) is 6.54 Å². The zero-order valence-electron chi connectivity index (χ0n) is 6.80. The van der Waals surface area contributed by atoms with Crippen LogP contribution in [0.25, 0.3) is 0 Å². The van der Waals surface area contributed by atoms with Gasteiger partial charge in [-0.3, -0.25) is 0 Å². The zero-order valence-corrected chi connectivity index (χ0v) is 7.62. The van der Waals surface area contributed by atoms with E-state index in [1.165, 1.54) is 12.1 Å². The Bertz CT molecular complexity index is 286. The molecule has 1 aromatic rings. The first-order valence-corrected chi connectivity index (χ1v) is 4.08. The van der Waals surface area contributed by atoms with E-state index in [4.69, 9.17) is 12.2 Å². The molecule has 0 bridgehead atoms. The summed E-state index contributed by atoms with van der Waals surface area (Å²) in [5.74, 6) is -0.212. The number of hydrogen-bond acceptors (Lipinski definition) is 1. The number of nitrogens with one attached hydrogen (secondary N) is 1. The lowest BCUT2D eigenvalue weighted by atomic mass is 10.2. The summed E-state index contributed by atoms with van der Waals surface area (Å²) >= 11 is 4.82. The molecular weight excluding hydrogens is 173 g/mol. The summed E-state index contributed by atoms with van der Waals surface area (Å²) in [6.07, 6.45) is 0. The minimum Gasteiger partial charge on any atom is -0.376 e. The Labute approximate surface area is 76.6 Å². The number of thiocarbonyl (C=S) groups is 1. The third-order valence-corrected chi connectivity index (χ3v) is 1.57. The van der Waals surface area contributed by atoms with Crippen molar-refractivity contribution in [2.45, 2.75) is 13.5 Å². The fourth-order valence-corrected chi connectivity index (χ4v) is 0.946. The van der Waals surface area contributed by atoms with Crippen molar-refractivity contribution in [1.29, 1.82) is 0 Å². The van der Waals surface area contributed by atoms with E-state index in [9.17, 15) is 4.39 Å². The van der Waals surface area contributed by atoms with Gasteiger partial charge in [0.2, 0.25) is 0 Å². The molecule has 0 aliphatic carbocycles. The molecule has 1 aromatic carbocycles. The van der Waals surface area contributed by atoms with Crippen LogP contribution in [0.5, 0.6) is 0 Å². The second-order valence-electron chi connectivity index (χ2n) is 2.54. The summed E-state index contributed by atoms with van der Waals surface area (Å²) in [6.45, 7) is 2.39. The summed E-state index contributed by atoms with van der Waals surface area (Å²) in [5, 5.41) is 2.95. The van der Waals surface area contributed by atoms with Gasteiger partial charge >= 0.3 is 0 Å². The number of halogens is 1. The Hall–Kier alpha value is -0.960. The van der Waals surface area contributed by atoms with Gasteiger partial charge in [0.1, 0.15) is 5.82 Å². The molecule has 1 nitrogen and oxygen atoms in total. The first kappa shape index (κ1) is 9.13. The van der Waals surface area contributed by atoms with Crippen molar-refractivity contribution in [1.82, 2.24) is 5.32 Å². The molecule has 1 N–H and O–H groups in total. The molecule has 0 radical (unpaired) electrons. The van der Waals surface area contributed by atoms with Crippen LogP contribution in [0.2, 0.25) is 0 Å². The van der Waals surface area contributed by atoms with E-state index in [1.54, 1.807) is 13.0 Å². The lowest BCUT2D eigenvalue weighted by Gasteiger charge is -2.03. The van der Waals surface area contributed by atoms with Crippen LogP contribution in [0.1, 0.15) is 12.5 Å². The summed E-state index contributed by atoms with van der Waals surface area (Å²) in [5.41, 5.74) is 0.902. The quantitative estimate of drug-likeness (QED) is 0.706. The standard InChI is InChI=1S/C9H10FNS/c1-7(12)11-6-8-3-2-4-9(10)5-8/h2-5H,6H2,1H3,(H,11,12). The topological polar surface area (TPSA) is 12.0 Å². The molecule has 0 aromatic heterocycles. The third-order valence-electron chi connectivity index (χ3n) is 1.43. The van der Waals surface area contributed by atoms with Crippen LogP contribution in [0.3, 0.4) is 0 Å². The van der Waals surface area contributed by atoms with E-state index in [-0.39, 0.29) is 5.82 Å². The first-order chi connectivity index (χ1) is 5.68. The summed E-state index contributed by atoms with van der Waals surface area (Å²) in [4.78, 5) is 0.722. The summed E-state index contributed by atoms with van der Waals surface area (Å²) in [7, 11) is 0. The molecule has 3 heteroatoms. The molecule has 0 spiro atoms. The number of hydrogen-bond donors (Lipinski definition) is 1. The Morgan fingerprint density at radius 3 is 2.92 bits per heavy atom. The predicted octanol–water partition coefficient (Wildman–Crippen LogP) is 2.26. The van der Waals surface area contributed by atoms with Crippen molar-refractivity contribution >= 4 is 17.2 Å². The highest BCUT2D eigenvalue weighted by atomic mass is 32.1. The Balaban J connectivity index is 2.57. The zero-order chi connectivity index (χ0) is 8.97. The summed E-state index contributed by atoms with van der Waals surface area (Å²) in [6, 6.07) is 6.46. The molecule has 0 atom stereocenters. The van der Waals surface area contributed by atoms with Gasteiger partial charge < -0.3 is 5.32 Å². The van der Waals surface area contributed by atoms with Crippen LogP contribution in [0, 0.1) is 5.82 Å². The smallest absolute Gasteiger partial charge is 0.123 e. The van der Waals surface area contributed by atoms with E-state index in [0.29, 0.717) is 6.54 Å². The molecule has 0 aliphatic heterocycles. The van der Waals surface area contributed by atoms with Gasteiger partial charge in [0.15, 0.2) is 0 Å². The molecule has 1 rings (SSSR count). The third kappa shape index (κ3) is 2.96. The van der Waals surface area contributed by atoms with Crippen molar-refractivity contribution < 1.29 is 4.39 Å². The van der Waals surface area contributed by atoms with Crippen LogP contribution in [0.4, 0.5) is 4.39 Å². The van der Waals surface area contributed by atoms with E-state index >= 15 is 0 Å². The normalized spacial score (nSPS) is 9.50. The minimum absolute atomic E-state index is 0.212. The highest BCUT2D eigenvalue weighted by Gasteiger charge is 1.93. The van der Waals surface area contributed by atoms with Gasteiger partial charge in [-0.1, -0.05) is 24.4 Å². The van der Waals surface area contributed by atoms with E-state index in [2.05, 4.69) is 5.32 Å². The van der Waals surface area contributed by atoms with Crippen molar-refractivity contribution in [3.63, 3.8) is 0 Å². The minimum atomic E-state index is -0.212. The maximum absolute atomic E-state index is 12.6. The van der Waals surface area contributed by atoms with E-state index in [1.807, 2.05) is 6.07 Å². The van der Waals surface area contributed by atoms with Gasteiger partial charge in [-0.05, 0) is 24.6 Å². The average molecular weight is 183 g/mol. The molecule has 0 fully saturated rings. The molecule has 0 saturated heterocycles. The fraction of sp³-hybridized carbons (Fsp3) is 0.222. The molecule has 0 unspecified atom stereocenters. The largest absolute Gasteiger partial charge is 0.376 e. The van der Waals surface area contributed by atoms with Gasteiger partial charge in [0.25, 0.3) is 0 Å². The van der Waals surface area contributed by atoms with E-state index < -0.39 is 0 Å². The van der Waals surface area contributed by atoms with Gasteiger partial charge in [-0.25, -0.2) is 4.39 Å². The van der Waals surface area contributed by atoms with E-state index in [0.717, 1.165) is 10.6 Å². The van der Waals surface area contributed by atoms with Crippen LogP contribution in [-0.4, -0.2) is 4.99 Å². The van der Waals surface area contributed by atoms with Crippen LogP contribution < -0.4 is 5.32 Å². The molecule has 0 aliphatic rings. The van der Waals surface area contributed by atoms with Gasteiger partial charge in [-0.15, -0.1) is 0 Å². The Morgan fingerprint density at radius 2 is 2.33 bits per heavy atom. The van der Waals surface area contributed by atoms with Crippen molar-refractivity contribution in [3.8, 4) is 0 Å². The highest BCUT2D eigenvalue weighted by Crippen LogP contribution is 2.02. The maximum atomic E-state index is 12.6. The second-order valence-corrected chi connectivity index (χ2v) is 3.15. The molecule has 12 heavy (non-hydrogen) atoms. The van der Waals surface area contributed by atoms with Crippen LogP contribution in [-0.2, 0) is 6.54 Å². The highest BCUT2D eigenvalue weighted by molar-refractivity contribution is 7.80. The lowest BCUT2D eigenvalue weighted by Crippen LogP contribution is -2.17. The van der Waals surface area contributed by atoms with Crippen molar-refractivity contribution in [2.75, 3.05) is 0 Å². The molecule has 64 valence electrons. The molecule has 0 heterocycles. The van der Waals surface area contributed by atoms with Crippen LogP contribution >= 0.6 is 12.2 Å². The van der Waals surface area contributed by atoms with Gasteiger partial charge in [0.05, 0.1) is 4.99 Å². The monoisotopic (exact) mass is 183 g/mol. The van der Waals surface area contributed by atoms with Crippen molar-refractivity contribution in [2.24, 2.45) is 0 Å². The Kier molecular flexibility index (Phi) is 3.17. The fourth-order valence-electron chi connectivity index (χ4n) is 0.873. The van der Waals surface area contributed by atoms with Crippen molar-refractivity contribution in [3.05, 3.63) is 35.6 Å². The number of rotatable bonds is 2. The van der Waals surface area contributed by atoms with Crippen LogP contribution in [0.15, 0.2) is 24.3 Å². The molecular formula is C9H10FNS. The SMILES string of the molecule is CC(=S)NCc1cccc(F)c1. The predicted molar refractivity (Wildman–Crippen MR) is 51.5 cm³/mol. The lowest BCUT2D eigenvalue weighted by molar-refractivity contribution is 0.625. The van der Waals surface area contributed by atoms with Gasteiger partial charge in [-0.2, -0.15) is 0 Å². The second kappa shape index (κ2) is 4.16. The Morgan fingerprint density at radius 1 is 1.58 bits per heavy atom. The first-order valence-electron chi connectivity index (χ1n) is 3.67. The average Bonchev–Trinajstić information content (AvgIpc) is 2.01.